The minimum Gasteiger partial charge on any atom is -0.322 e. The van der Waals surface area contributed by atoms with Crippen molar-refractivity contribution in [3.05, 3.63) is 77.6 Å². The molecule has 0 bridgehead atoms. The maximum atomic E-state index is 12.8. The molecule has 3 aromatic rings. The van der Waals surface area contributed by atoms with Gasteiger partial charge in [-0.25, -0.2) is 14.8 Å². The molecule has 0 saturated carbocycles. The van der Waals surface area contributed by atoms with E-state index in [-0.39, 0.29) is 6.03 Å². The summed E-state index contributed by atoms with van der Waals surface area (Å²) < 4.78 is 0. The van der Waals surface area contributed by atoms with Crippen LogP contribution in [0.4, 0.5) is 10.5 Å². The van der Waals surface area contributed by atoms with E-state index in [0.717, 1.165) is 35.8 Å². The number of benzene rings is 2. The zero-order chi connectivity index (χ0) is 22.3. The van der Waals surface area contributed by atoms with Crippen molar-refractivity contribution < 1.29 is 4.79 Å². The molecule has 2 aromatic carbocycles. The average molecular weight is 445 g/mol. The Morgan fingerprint density at radius 3 is 2.47 bits per heavy atom. The molecule has 0 radical (unpaired) electrons. The molecule has 1 aromatic heterocycles. The van der Waals surface area contributed by atoms with Gasteiger partial charge in [-0.3, -0.25) is 4.90 Å². The Morgan fingerprint density at radius 2 is 1.81 bits per heavy atom. The third-order valence-corrected chi connectivity index (χ3v) is 6.22. The molecule has 8 heteroatoms. The first-order valence-corrected chi connectivity index (χ1v) is 11.3. The van der Waals surface area contributed by atoms with Gasteiger partial charge in [-0.2, -0.15) is 5.26 Å². The quantitative estimate of drug-likeness (QED) is 0.595. The molecule has 1 N–H and O–H groups in total. The zero-order valence-corrected chi connectivity index (χ0v) is 18.7. The second-order valence-corrected chi connectivity index (χ2v) is 8.65. The first kappa shape index (κ1) is 21.8. The van der Waals surface area contributed by atoms with Gasteiger partial charge in [0.2, 0.25) is 0 Å². The molecule has 2 heterocycles. The van der Waals surface area contributed by atoms with Gasteiger partial charge in [0, 0.05) is 55.7 Å². The van der Waals surface area contributed by atoms with Crippen LogP contribution < -0.4 is 5.32 Å². The number of urea groups is 1. The number of nitrogens with zero attached hydrogens (tertiary/aromatic N) is 5. The number of carbonyl (C=O) groups is 1. The molecule has 32 heavy (non-hydrogen) atoms. The fraction of sp³-hybridized carbons (Fsp3) is 0.250. The Balaban J connectivity index is 1.28. The van der Waals surface area contributed by atoms with Gasteiger partial charge in [-0.1, -0.05) is 12.1 Å². The Morgan fingerprint density at radius 1 is 1.09 bits per heavy atom. The molecule has 4 rings (SSSR count). The number of aromatic nitrogens is 2. The number of amides is 2. The van der Waals surface area contributed by atoms with Crippen molar-refractivity contribution in [3.8, 4) is 6.07 Å². The zero-order valence-electron chi connectivity index (χ0n) is 17.9. The van der Waals surface area contributed by atoms with Crippen molar-refractivity contribution in [3.63, 3.8) is 0 Å². The fourth-order valence-corrected chi connectivity index (χ4v) is 4.34. The predicted octanol–water partition coefficient (Wildman–Crippen LogP) is 4.16. The van der Waals surface area contributed by atoms with Gasteiger partial charge in [-0.05, 0) is 66.2 Å². The Hall–Kier alpha value is -3.41. The lowest BCUT2D eigenvalue weighted by Gasteiger charge is -2.34. The summed E-state index contributed by atoms with van der Waals surface area (Å²) in [7, 11) is 0. The SMILES string of the molecule is Cc1cc(Sc2ncccn2)ccc1NC(=O)N1CCN(Cc2ccc(C#N)cc2)CC1. The molecule has 2 amide bonds. The molecule has 1 aliphatic rings. The van der Waals surface area contributed by atoms with Crippen molar-refractivity contribution in [1.82, 2.24) is 19.8 Å². The summed E-state index contributed by atoms with van der Waals surface area (Å²) in [5.74, 6) is 0. The number of hydrogen-bond acceptors (Lipinski definition) is 6. The van der Waals surface area contributed by atoms with Gasteiger partial charge in [0.05, 0.1) is 11.6 Å². The summed E-state index contributed by atoms with van der Waals surface area (Å²) in [6, 6.07) is 17.5. The molecular formula is C24H24N6OS. The van der Waals surface area contributed by atoms with E-state index in [1.165, 1.54) is 17.3 Å². The maximum Gasteiger partial charge on any atom is 0.321 e. The highest BCUT2D eigenvalue weighted by molar-refractivity contribution is 7.99. The standard InChI is InChI=1S/C24H24N6OS/c1-18-15-21(32-23-26-9-2-10-27-23)7-8-22(18)28-24(31)30-13-11-29(12-14-30)17-20-5-3-19(16-25)4-6-20/h2-10,15H,11-14,17H2,1H3,(H,28,31). The summed E-state index contributed by atoms with van der Waals surface area (Å²) in [6.45, 7) is 5.81. The van der Waals surface area contributed by atoms with Crippen molar-refractivity contribution >= 4 is 23.5 Å². The van der Waals surface area contributed by atoms with Crippen LogP contribution >= 0.6 is 11.8 Å². The van der Waals surface area contributed by atoms with Crippen molar-refractivity contribution in [2.45, 2.75) is 23.5 Å². The van der Waals surface area contributed by atoms with Crippen LogP contribution in [0.25, 0.3) is 0 Å². The molecule has 1 fully saturated rings. The second kappa shape index (κ2) is 10.3. The Kier molecular flexibility index (Phi) is 7.00. The van der Waals surface area contributed by atoms with E-state index in [0.29, 0.717) is 23.8 Å². The minimum absolute atomic E-state index is 0.0714. The van der Waals surface area contributed by atoms with Crippen LogP contribution in [0.1, 0.15) is 16.7 Å². The number of rotatable bonds is 5. The van der Waals surface area contributed by atoms with Crippen LogP contribution in [-0.4, -0.2) is 52.0 Å². The van der Waals surface area contributed by atoms with Crippen molar-refractivity contribution in [2.24, 2.45) is 0 Å². The van der Waals surface area contributed by atoms with Crippen molar-refractivity contribution in [2.75, 3.05) is 31.5 Å². The molecule has 162 valence electrons. The second-order valence-electron chi connectivity index (χ2n) is 7.61. The number of piperazine rings is 1. The summed E-state index contributed by atoms with van der Waals surface area (Å²) in [6.07, 6.45) is 3.45. The highest BCUT2D eigenvalue weighted by Gasteiger charge is 2.21. The van der Waals surface area contributed by atoms with E-state index in [9.17, 15) is 4.79 Å². The van der Waals surface area contributed by atoms with Gasteiger partial charge in [0.25, 0.3) is 0 Å². The lowest BCUT2D eigenvalue weighted by molar-refractivity contribution is 0.143. The molecule has 1 saturated heterocycles. The topological polar surface area (TPSA) is 85.2 Å². The van der Waals surface area contributed by atoms with Crippen molar-refractivity contribution in [1.29, 1.82) is 5.26 Å². The maximum absolute atomic E-state index is 12.8. The first-order valence-electron chi connectivity index (χ1n) is 10.4. The van der Waals surface area contributed by atoms with Gasteiger partial charge < -0.3 is 10.2 Å². The Labute approximate surface area is 192 Å². The summed E-state index contributed by atoms with van der Waals surface area (Å²) in [4.78, 5) is 26.5. The third-order valence-electron chi connectivity index (χ3n) is 5.34. The smallest absolute Gasteiger partial charge is 0.321 e. The lowest BCUT2D eigenvalue weighted by Crippen LogP contribution is -2.49. The summed E-state index contributed by atoms with van der Waals surface area (Å²) >= 11 is 1.49. The van der Waals surface area contributed by atoms with Crippen LogP contribution in [0.5, 0.6) is 0 Å². The number of carbonyl (C=O) groups excluding carboxylic acids is 1. The van der Waals surface area contributed by atoms with Crippen LogP contribution in [0, 0.1) is 18.3 Å². The lowest BCUT2D eigenvalue weighted by atomic mass is 10.1. The van der Waals surface area contributed by atoms with Crippen LogP contribution in [0.3, 0.4) is 0 Å². The van der Waals surface area contributed by atoms with Crippen LogP contribution in [0.2, 0.25) is 0 Å². The van der Waals surface area contributed by atoms with E-state index in [1.807, 2.05) is 54.3 Å². The van der Waals surface area contributed by atoms with Gasteiger partial charge in [0.15, 0.2) is 5.16 Å². The van der Waals surface area contributed by atoms with E-state index >= 15 is 0 Å². The normalized spacial score (nSPS) is 14.1. The fourth-order valence-electron chi connectivity index (χ4n) is 3.53. The number of nitriles is 1. The summed E-state index contributed by atoms with van der Waals surface area (Å²) in [5, 5.41) is 12.7. The molecule has 0 aliphatic carbocycles. The molecule has 0 unspecified atom stereocenters. The monoisotopic (exact) mass is 444 g/mol. The highest BCUT2D eigenvalue weighted by atomic mass is 32.2. The van der Waals surface area contributed by atoms with Gasteiger partial charge in [-0.15, -0.1) is 0 Å². The van der Waals surface area contributed by atoms with E-state index in [4.69, 9.17) is 5.26 Å². The number of nitrogens with one attached hydrogen (secondary N) is 1. The number of hydrogen-bond donors (Lipinski definition) is 1. The first-order chi connectivity index (χ1) is 15.6. The molecule has 0 atom stereocenters. The Bertz CT molecular complexity index is 1110. The van der Waals surface area contributed by atoms with Crippen LogP contribution in [-0.2, 0) is 6.54 Å². The molecule has 1 aliphatic heterocycles. The third kappa shape index (κ3) is 5.63. The summed E-state index contributed by atoms with van der Waals surface area (Å²) in [5.41, 5.74) is 3.66. The minimum atomic E-state index is -0.0714. The molecular weight excluding hydrogens is 420 g/mol. The molecule has 7 nitrogen and oxygen atoms in total. The number of aryl methyl sites for hydroxylation is 1. The average Bonchev–Trinajstić information content (AvgIpc) is 2.82. The highest BCUT2D eigenvalue weighted by Crippen LogP contribution is 2.28. The largest absolute Gasteiger partial charge is 0.322 e. The molecule has 0 spiro atoms. The van der Waals surface area contributed by atoms with Crippen LogP contribution in [0.15, 0.2) is 71.0 Å². The predicted molar refractivity (Wildman–Crippen MR) is 124 cm³/mol. The van der Waals surface area contributed by atoms with E-state index < -0.39 is 0 Å². The van der Waals surface area contributed by atoms with E-state index in [2.05, 4.69) is 26.3 Å². The number of anilines is 1. The van der Waals surface area contributed by atoms with E-state index in [1.54, 1.807) is 18.5 Å². The van der Waals surface area contributed by atoms with Gasteiger partial charge in [0.1, 0.15) is 0 Å². The van der Waals surface area contributed by atoms with Gasteiger partial charge >= 0.3 is 6.03 Å².